The minimum absolute atomic E-state index is 0.0700. The predicted octanol–water partition coefficient (Wildman–Crippen LogP) is 2.68. The zero-order chi connectivity index (χ0) is 14.1. The van der Waals surface area contributed by atoms with Crippen molar-refractivity contribution in [3.8, 4) is 0 Å². The van der Waals surface area contributed by atoms with Gasteiger partial charge in [0.15, 0.2) is 0 Å². The van der Waals surface area contributed by atoms with Gasteiger partial charge in [0.05, 0.1) is 6.10 Å². The van der Waals surface area contributed by atoms with Gasteiger partial charge >= 0.3 is 0 Å². The number of amides is 1. The molecular weight excluding hydrogens is 250 g/mol. The highest BCUT2D eigenvalue weighted by Gasteiger charge is 2.28. The Morgan fingerprint density at radius 2 is 1.95 bits per heavy atom. The van der Waals surface area contributed by atoms with E-state index in [4.69, 9.17) is 0 Å². The van der Waals surface area contributed by atoms with Crippen molar-refractivity contribution >= 4 is 16.7 Å². The molecule has 3 heteroatoms. The Hall–Kier alpha value is -1.87. The summed E-state index contributed by atoms with van der Waals surface area (Å²) in [4.78, 5) is 14.6. The lowest BCUT2D eigenvalue weighted by atomic mass is 9.95. The zero-order valence-electron chi connectivity index (χ0n) is 11.6. The number of hydrogen-bond donors (Lipinski definition) is 1. The Bertz CT molecular complexity index is 632. The number of fused-ring (bicyclic) bond motifs is 1. The molecule has 2 aromatic carbocycles. The van der Waals surface area contributed by atoms with Crippen molar-refractivity contribution in [2.75, 3.05) is 13.1 Å². The molecule has 3 nitrogen and oxygen atoms in total. The fourth-order valence-electron chi connectivity index (χ4n) is 2.90. The average molecular weight is 269 g/mol. The third kappa shape index (κ3) is 2.29. The van der Waals surface area contributed by atoms with Crippen LogP contribution < -0.4 is 0 Å². The van der Waals surface area contributed by atoms with Crippen LogP contribution in [0.25, 0.3) is 10.8 Å². The largest absolute Gasteiger partial charge is 0.393 e. The maximum Gasteiger partial charge on any atom is 0.254 e. The molecule has 104 valence electrons. The van der Waals surface area contributed by atoms with Crippen LogP contribution >= 0.6 is 0 Å². The van der Waals surface area contributed by atoms with E-state index in [0.717, 1.165) is 16.3 Å². The first-order valence-electron chi connectivity index (χ1n) is 7.12. The Labute approximate surface area is 118 Å². The Kier molecular flexibility index (Phi) is 3.45. The molecule has 1 saturated heterocycles. The number of aliphatic hydroxyl groups is 1. The molecule has 0 aromatic heterocycles. The van der Waals surface area contributed by atoms with Crippen LogP contribution in [0.5, 0.6) is 0 Å². The summed E-state index contributed by atoms with van der Waals surface area (Å²) in [7, 11) is 0. The smallest absolute Gasteiger partial charge is 0.254 e. The maximum absolute atomic E-state index is 12.7. The number of nitrogens with zero attached hydrogens (tertiary/aromatic N) is 1. The van der Waals surface area contributed by atoms with Gasteiger partial charge in [0.25, 0.3) is 5.91 Å². The summed E-state index contributed by atoms with van der Waals surface area (Å²) in [5, 5.41) is 11.9. The second kappa shape index (κ2) is 5.25. The number of rotatable bonds is 1. The maximum atomic E-state index is 12.7. The van der Waals surface area contributed by atoms with Gasteiger partial charge in [-0.1, -0.05) is 43.3 Å². The van der Waals surface area contributed by atoms with Crippen LogP contribution in [-0.2, 0) is 0 Å². The van der Waals surface area contributed by atoms with Crippen molar-refractivity contribution in [2.24, 2.45) is 5.92 Å². The van der Waals surface area contributed by atoms with Crippen LogP contribution in [0, 0.1) is 5.92 Å². The van der Waals surface area contributed by atoms with Crippen LogP contribution in [0.3, 0.4) is 0 Å². The second-order valence-electron chi connectivity index (χ2n) is 5.61. The number of aliphatic hydroxyl groups excluding tert-OH is 1. The topological polar surface area (TPSA) is 40.5 Å². The first-order chi connectivity index (χ1) is 9.66. The number of piperidine rings is 1. The van der Waals surface area contributed by atoms with Gasteiger partial charge in [0.1, 0.15) is 0 Å². The van der Waals surface area contributed by atoms with Crippen LogP contribution in [0.15, 0.2) is 42.5 Å². The van der Waals surface area contributed by atoms with Gasteiger partial charge in [-0.2, -0.15) is 0 Å². The van der Waals surface area contributed by atoms with E-state index < -0.39 is 0 Å². The van der Waals surface area contributed by atoms with E-state index in [1.165, 1.54) is 0 Å². The molecule has 0 aliphatic carbocycles. The van der Waals surface area contributed by atoms with E-state index in [-0.39, 0.29) is 17.9 Å². The quantitative estimate of drug-likeness (QED) is 0.864. The number of carbonyl (C=O) groups excluding carboxylic acids is 1. The van der Waals surface area contributed by atoms with Gasteiger partial charge in [-0.25, -0.2) is 0 Å². The average Bonchev–Trinajstić information content (AvgIpc) is 2.49. The van der Waals surface area contributed by atoms with Crippen molar-refractivity contribution in [3.05, 3.63) is 48.0 Å². The molecule has 1 heterocycles. The molecule has 1 N–H and O–H groups in total. The SMILES string of the molecule is CC1CN(C(=O)c2cccc3ccccc23)CCC1O. The normalized spacial score (nSPS) is 23.0. The molecule has 0 bridgehead atoms. The van der Waals surface area contributed by atoms with Gasteiger partial charge in [0, 0.05) is 18.7 Å². The molecule has 0 radical (unpaired) electrons. The summed E-state index contributed by atoms with van der Waals surface area (Å²) >= 11 is 0. The summed E-state index contributed by atoms with van der Waals surface area (Å²) in [5.74, 6) is 0.211. The summed E-state index contributed by atoms with van der Waals surface area (Å²) in [6, 6.07) is 13.8. The highest BCUT2D eigenvalue weighted by atomic mass is 16.3. The zero-order valence-corrected chi connectivity index (χ0v) is 11.6. The minimum Gasteiger partial charge on any atom is -0.393 e. The molecule has 2 atom stereocenters. The molecule has 1 fully saturated rings. The van der Waals surface area contributed by atoms with E-state index in [1.54, 1.807) is 0 Å². The monoisotopic (exact) mass is 269 g/mol. The Balaban J connectivity index is 1.93. The molecule has 0 spiro atoms. The van der Waals surface area contributed by atoms with Crippen LogP contribution in [-0.4, -0.2) is 35.1 Å². The van der Waals surface area contributed by atoms with Gasteiger partial charge < -0.3 is 10.0 Å². The van der Waals surface area contributed by atoms with Gasteiger partial charge in [-0.05, 0) is 29.2 Å². The Morgan fingerprint density at radius 1 is 1.20 bits per heavy atom. The summed E-state index contributed by atoms with van der Waals surface area (Å²) in [5.41, 5.74) is 0.756. The Morgan fingerprint density at radius 3 is 2.75 bits per heavy atom. The highest BCUT2D eigenvalue weighted by Crippen LogP contribution is 2.23. The molecule has 1 amide bonds. The van der Waals surface area contributed by atoms with Gasteiger partial charge in [-0.3, -0.25) is 4.79 Å². The lowest BCUT2D eigenvalue weighted by Gasteiger charge is -2.34. The number of benzene rings is 2. The number of hydrogen-bond acceptors (Lipinski definition) is 2. The van der Waals surface area contributed by atoms with E-state index in [1.807, 2.05) is 54.3 Å². The lowest BCUT2D eigenvalue weighted by Crippen LogP contribution is -2.45. The molecule has 3 rings (SSSR count). The third-order valence-corrected chi connectivity index (χ3v) is 4.17. The van der Waals surface area contributed by atoms with E-state index in [2.05, 4.69) is 0 Å². The molecule has 2 aromatic rings. The van der Waals surface area contributed by atoms with Crippen LogP contribution in [0.4, 0.5) is 0 Å². The molecule has 1 aliphatic heterocycles. The van der Waals surface area contributed by atoms with Crippen molar-refractivity contribution in [1.82, 2.24) is 4.90 Å². The van der Waals surface area contributed by atoms with Crippen LogP contribution in [0.1, 0.15) is 23.7 Å². The predicted molar refractivity (Wildman–Crippen MR) is 79.6 cm³/mol. The fourth-order valence-corrected chi connectivity index (χ4v) is 2.90. The summed E-state index contributed by atoms with van der Waals surface area (Å²) in [6.45, 7) is 3.25. The minimum atomic E-state index is -0.286. The molecular formula is C17H19NO2. The first-order valence-corrected chi connectivity index (χ1v) is 7.12. The van der Waals surface area contributed by atoms with E-state index >= 15 is 0 Å². The van der Waals surface area contributed by atoms with Gasteiger partial charge in [-0.15, -0.1) is 0 Å². The lowest BCUT2D eigenvalue weighted by molar-refractivity contribution is 0.0299. The summed E-state index contributed by atoms with van der Waals surface area (Å²) in [6.07, 6.45) is 0.379. The molecule has 20 heavy (non-hydrogen) atoms. The van der Waals surface area contributed by atoms with Crippen molar-refractivity contribution in [1.29, 1.82) is 0 Å². The highest BCUT2D eigenvalue weighted by molar-refractivity contribution is 6.07. The van der Waals surface area contributed by atoms with Crippen molar-refractivity contribution in [3.63, 3.8) is 0 Å². The van der Waals surface area contributed by atoms with Crippen molar-refractivity contribution < 1.29 is 9.90 Å². The van der Waals surface area contributed by atoms with E-state index in [0.29, 0.717) is 19.5 Å². The molecule has 1 aliphatic rings. The number of likely N-dealkylation sites (tertiary alicyclic amines) is 1. The summed E-state index contributed by atoms with van der Waals surface area (Å²) < 4.78 is 0. The van der Waals surface area contributed by atoms with Gasteiger partial charge in [0.2, 0.25) is 0 Å². The van der Waals surface area contributed by atoms with Crippen molar-refractivity contribution in [2.45, 2.75) is 19.4 Å². The van der Waals surface area contributed by atoms with E-state index in [9.17, 15) is 9.90 Å². The fraction of sp³-hybridized carbons (Fsp3) is 0.353. The third-order valence-electron chi connectivity index (χ3n) is 4.17. The standard InChI is InChI=1S/C17H19NO2/c1-12-11-18(10-9-16(12)19)17(20)15-8-4-6-13-5-2-3-7-14(13)15/h2-8,12,16,19H,9-11H2,1H3. The molecule has 0 saturated carbocycles. The van der Waals surface area contributed by atoms with Crippen LogP contribution in [0.2, 0.25) is 0 Å². The second-order valence-corrected chi connectivity index (χ2v) is 5.61. The first kappa shape index (κ1) is 13.1. The number of carbonyl (C=O) groups is 1. The molecule has 2 unspecified atom stereocenters.